The highest BCUT2D eigenvalue weighted by Gasteiger charge is 2.04. The Kier molecular flexibility index (Phi) is 4.25. The molecular weight excluding hydrogens is 317 g/mol. The molecule has 0 aromatic heterocycles. The Bertz CT molecular complexity index is 520. The lowest BCUT2D eigenvalue weighted by atomic mass is 10.1. The third kappa shape index (κ3) is 3.24. The monoisotopic (exact) mass is 327 g/mol. The van der Waals surface area contributed by atoms with Crippen molar-refractivity contribution < 1.29 is 4.39 Å². The van der Waals surface area contributed by atoms with Crippen LogP contribution in [0.15, 0.2) is 40.9 Å². The van der Waals surface area contributed by atoms with Crippen molar-refractivity contribution in [2.75, 3.05) is 5.32 Å². The molecule has 0 aliphatic heterocycles. The van der Waals surface area contributed by atoms with Gasteiger partial charge >= 0.3 is 0 Å². The van der Waals surface area contributed by atoms with Crippen molar-refractivity contribution in [3.05, 3.63) is 62.8 Å². The molecule has 0 amide bonds. The van der Waals surface area contributed by atoms with E-state index in [2.05, 4.69) is 21.2 Å². The number of halogens is 3. The van der Waals surface area contributed by atoms with E-state index in [4.69, 9.17) is 11.6 Å². The van der Waals surface area contributed by atoms with Gasteiger partial charge in [-0.15, -0.1) is 0 Å². The molecule has 0 atom stereocenters. The van der Waals surface area contributed by atoms with Crippen LogP contribution < -0.4 is 5.32 Å². The molecule has 1 N–H and O–H groups in total. The first-order valence-electron chi connectivity index (χ1n) is 5.50. The molecule has 0 bridgehead atoms. The third-order valence-corrected chi connectivity index (χ3v) is 3.58. The van der Waals surface area contributed by atoms with Crippen molar-refractivity contribution in [1.82, 2.24) is 0 Å². The number of benzene rings is 2. The summed E-state index contributed by atoms with van der Waals surface area (Å²) in [6.07, 6.45) is 0. The van der Waals surface area contributed by atoms with Crippen LogP contribution in [0.5, 0.6) is 0 Å². The summed E-state index contributed by atoms with van der Waals surface area (Å²) in [6, 6.07) is 10.7. The predicted octanol–water partition coefficient (Wildman–Crippen LogP) is 5.16. The molecule has 0 aliphatic carbocycles. The van der Waals surface area contributed by atoms with E-state index >= 15 is 0 Å². The lowest BCUT2D eigenvalue weighted by Crippen LogP contribution is -2.02. The minimum Gasteiger partial charge on any atom is -0.379 e. The van der Waals surface area contributed by atoms with Gasteiger partial charge in [-0.25, -0.2) is 4.39 Å². The van der Waals surface area contributed by atoms with E-state index in [0.717, 1.165) is 10.0 Å². The minimum atomic E-state index is -0.342. The van der Waals surface area contributed by atoms with Gasteiger partial charge in [-0.05, 0) is 42.3 Å². The second-order valence-corrected chi connectivity index (χ2v) is 5.36. The Hall–Kier alpha value is -1.06. The molecule has 0 heterocycles. The molecule has 0 saturated heterocycles. The van der Waals surface area contributed by atoms with Crippen molar-refractivity contribution in [3.63, 3.8) is 0 Å². The van der Waals surface area contributed by atoms with Crippen LogP contribution in [0.2, 0.25) is 5.02 Å². The van der Waals surface area contributed by atoms with Crippen LogP contribution in [0.1, 0.15) is 11.1 Å². The van der Waals surface area contributed by atoms with Crippen LogP contribution in [0, 0.1) is 12.7 Å². The number of anilines is 1. The summed E-state index contributed by atoms with van der Waals surface area (Å²) in [4.78, 5) is 0. The van der Waals surface area contributed by atoms with Crippen LogP contribution in [-0.2, 0) is 6.54 Å². The average molecular weight is 329 g/mol. The van der Waals surface area contributed by atoms with Crippen LogP contribution in [-0.4, -0.2) is 0 Å². The number of nitrogens with one attached hydrogen (secondary N) is 1. The third-order valence-electron chi connectivity index (χ3n) is 2.61. The van der Waals surface area contributed by atoms with Gasteiger partial charge in [-0.2, -0.15) is 0 Å². The smallest absolute Gasteiger partial charge is 0.147 e. The Morgan fingerprint density at radius 1 is 1.22 bits per heavy atom. The molecule has 0 fully saturated rings. The summed E-state index contributed by atoms with van der Waals surface area (Å²) in [5, 5.41) is 3.45. The zero-order valence-corrected chi connectivity index (χ0v) is 12.1. The van der Waals surface area contributed by atoms with Gasteiger partial charge in [-0.3, -0.25) is 0 Å². The maximum absolute atomic E-state index is 13.6. The maximum Gasteiger partial charge on any atom is 0.147 e. The number of aryl methyl sites for hydroxylation is 1. The molecule has 0 saturated carbocycles. The van der Waals surface area contributed by atoms with Gasteiger partial charge in [0.15, 0.2) is 0 Å². The Labute approximate surface area is 119 Å². The van der Waals surface area contributed by atoms with Crippen molar-refractivity contribution >= 4 is 33.2 Å². The second kappa shape index (κ2) is 5.72. The lowest BCUT2D eigenvalue weighted by Gasteiger charge is -2.10. The SMILES string of the molecule is Cc1ccc(CNc2ccc(Cl)cc2F)c(Br)c1. The van der Waals surface area contributed by atoms with Crippen LogP contribution >= 0.6 is 27.5 Å². The Balaban J connectivity index is 2.11. The predicted molar refractivity (Wildman–Crippen MR) is 77.6 cm³/mol. The molecule has 0 radical (unpaired) electrons. The Morgan fingerprint density at radius 3 is 2.67 bits per heavy atom. The van der Waals surface area contributed by atoms with Gasteiger partial charge in [0.1, 0.15) is 5.82 Å². The molecule has 2 aromatic rings. The molecule has 2 aromatic carbocycles. The summed E-state index contributed by atoms with van der Waals surface area (Å²) >= 11 is 9.20. The number of hydrogen-bond acceptors (Lipinski definition) is 1. The number of hydrogen-bond donors (Lipinski definition) is 1. The first-order chi connectivity index (χ1) is 8.56. The van der Waals surface area contributed by atoms with Crippen LogP contribution in [0.25, 0.3) is 0 Å². The molecule has 0 aliphatic rings. The normalized spacial score (nSPS) is 10.4. The molecule has 2 rings (SSSR count). The summed E-state index contributed by atoms with van der Waals surface area (Å²) in [5.41, 5.74) is 2.71. The van der Waals surface area contributed by atoms with Gasteiger partial charge in [0.2, 0.25) is 0 Å². The van der Waals surface area contributed by atoms with Crippen molar-refractivity contribution in [2.24, 2.45) is 0 Å². The van der Waals surface area contributed by atoms with E-state index in [1.807, 2.05) is 25.1 Å². The number of rotatable bonds is 3. The highest BCUT2D eigenvalue weighted by molar-refractivity contribution is 9.10. The van der Waals surface area contributed by atoms with Gasteiger partial charge in [0, 0.05) is 16.0 Å². The molecule has 1 nitrogen and oxygen atoms in total. The van der Waals surface area contributed by atoms with E-state index < -0.39 is 0 Å². The molecule has 4 heteroatoms. The minimum absolute atomic E-state index is 0.342. The maximum atomic E-state index is 13.6. The first-order valence-corrected chi connectivity index (χ1v) is 6.67. The average Bonchev–Trinajstić information content (AvgIpc) is 2.30. The van der Waals surface area contributed by atoms with Gasteiger partial charge in [0.25, 0.3) is 0 Å². The topological polar surface area (TPSA) is 12.0 Å². The lowest BCUT2D eigenvalue weighted by molar-refractivity contribution is 0.630. The van der Waals surface area contributed by atoms with Gasteiger partial charge < -0.3 is 5.32 Å². The summed E-state index contributed by atoms with van der Waals surface area (Å²) in [7, 11) is 0. The standard InChI is InChI=1S/C14H12BrClFN/c1-9-2-3-10(12(15)6-9)8-18-14-5-4-11(16)7-13(14)17/h2-7,18H,8H2,1H3. The molecule has 0 spiro atoms. The first kappa shape index (κ1) is 13.4. The fourth-order valence-electron chi connectivity index (χ4n) is 1.62. The van der Waals surface area contributed by atoms with Crippen molar-refractivity contribution in [3.8, 4) is 0 Å². The second-order valence-electron chi connectivity index (χ2n) is 4.07. The van der Waals surface area contributed by atoms with Crippen LogP contribution in [0.3, 0.4) is 0 Å². The highest BCUT2D eigenvalue weighted by atomic mass is 79.9. The van der Waals surface area contributed by atoms with E-state index in [9.17, 15) is 4.39 Å². The van der Waals surface area contributed by atoms with Crippen molar-refractivity contribution in [1.29, 1.82) is 0 Å². The van der Waals surface area contributed by atoms with Crippen LogP contribution in [0.4, 0.5) is 10.1 Å². The van der Waals surface area contributed by atoms with E-state index in [-0.39, 0.29) is 5.82 Å². The molecular formula is C14H12BrClFN. The molecule has 0 unspecified atom stereocenters. The van der Waals surface area contributed by atoms with Gasteiger partial charge in [-0.1, -0.05) is 39.7 Å². The summed E-state index contributed by atoms with van der Waals surface area (Å²) in [6.45, 7) is 2.58. The molecule has 94 valence electrons. The summed E-state index contributed by atoms with van der Waals surface area (Å²) < 4.78 is 14.6. The zero-order chi connectivity index (χ0) is 13.1. The van der Waals surface area contributed by atoms with Crippen molar-refractivity contribution in [2.45, 2.75) is 13.5 Å². The van der Waals surface area contributed by atoms with E-state index in [1.165, 1.54) is 11.6 Å². The zero-order valence-electron chi connectivity index (χ0n) is 9.81. The highest BCUT2D eigenvalue weighted by Crippen LogP contribution is 2.22. The quantitative estimate of drug-likeness (QED) is 0.820. The molecule has 18 heavy (non-hydrogen) atoms. The van der Waals surface area contributed by atoms with E-state index in [1.54, 1.807) is 12.1 Å². The fourth-order valence-corrected chi connectivity index (χ4v) is 2.41. The fraction of sp³-hybridized carbons (Fsp3) is 0.143. The Morgan fingerprint density at radius 2 is 2.00 bits per heavy atom. The van der Waals surface area contributed by atoms with Gasteiger partial charge in [0.05, 0.1) is 5.69 Å². The van der Waals surface area contributed by atoms with E-state index in [0.29, 0.717) is 17.3 Å². The largest absolute Gasteiger partial charge is 0.379 e. The summed E-state index contributed by atoms with van der Waals surface area (Å²) in [5.74, 6) is -0.342.